The van der Waals surface area contributed by atoms with Crippen molar-refractivity contribution in [3.8, 4) is 0 Å². The maximum Gasteiger partial charge on any atom is 0.147 e. The van der Waals surface area contributed by atoms with Gasteiger partial charge in [-0.25, -0.2) is 4.39 Å². The first-order chi connectivity index (χ1) is 8.16. The Balaban J connectivity index is 1.98. The maximum absolute atomic E-state index is 13.3. The highest BCUT2D eigenvalue weighted by Crippen LogP contribution is 2.20. The fraction of sp³-hybridized carbons (Fsp3) is 0.333. The highest BCUT2D eigenvalue weighted by atomic mass is 19.1. The molecule has 2 aromatic rings. The van der Waals surface area contributed by atoms with Crippen molar-refractivity contribution in [3.05, 3.63) is 47.8 Å². The number of pyridine rings is 1. The molecule has 0 saturated heterocycles. The monoisotopic (exact) mass is 235 g/mol. The third-order valence-corrected chi connectivity index (χ3v) is 2.63. The summed E-state index contributed by atoms with van der Waals surface area (Å²) in [4.78, 5) is 3.65. The minimum absolute atomic E-state index is 0.295. The molecule has 2 heterocycles. The van der Waals surface area contributed by atoms with E-state index in [9.17, 15) is 9.50 Å². The zero-order chi connectivity index (χ0) is 12.3. The molecule has 0 radical (unpaired) electrons. The smallest absolute Gasteiger partial charge is 0.147 e. The molecule has 0 aliphatic heterocycles. The van der Waals surface area contributed by atoms with Crippen LogP contribution in [0, 0.1) is 5.82 Å². The molecule has 2 aromatic heterocycles. The summed E-state index contributed by atoms with van der Waals surface area (Å²) < 4.78 is 15.0. The van der Waals surface area contributed by atoms with Gasteiger partial charge in [-0.2, -0.15) is 5.10 Å². The number of aromatic nitrogens is 3. The fourth-order valence-electron chi connectivity index (χ4n) is 1.72. The number of aliphatic hydroxyl groups excluding tert-OH is 1. The van der Waals surface area contributed by atoms with Crippen LogP contribution in [0.5, 0.6) is 0 Å². The van der Waals surface area contributed by atoms with Crippen LogP contribution in [0.1, 0.15) is 23.7 Å². The molecule has 1 N–H and O–H groups in total. The van der Waals surface area contributed by atoms with Crippen LogP contribution in [0.4, 0.5) is 4.39 Å². The summed E-state index contributed by atoms with van der Waals surface area (Å²) in [6, 6.07) is 1.50. The van der Waals surface area contributed by atoms with Gasteiger partial charge in [-0.05, 0) is 24.5 Å². The highest BCUT2D eigenvalue weighted by Gasteiger charge is 2.12. The molecular formula is C12H14FN3O. The normalized spacial score (nSPS) is 12.6. The van der Waals surface area contributed by atoms with Gasteiger partial charge in [0, 0.05) is 25.0 Å². The van der Waals surface area contributed by atoms with Gasteiger partial charge in [-0.15, -0.1) is 0 Å². The summed E-state index contributed by atoms with van der Waals surface area (Å²) in [7, 11) is 1.84. The quantitative estimate of drug-likeness (QED) is 0.876. The van der Waals surface area contributed by atoms with Crippen molar-refractivity contribution in [1.82, 2.24) is 14.8 Å². The van der Waals surface area contributed by atoms with Crippen molar-refractivity contribution in [1.29, 1.82) is 0 Å². The molecule has 0 aliphatic rings. The molecule has 4 nitrogen and oxygen atoms in total. The molecule has 0 bridgehead atoms. The Hall–Kier alpha value is -1.75. The van der Waals surface area contributed by atoms with Crippen LogP contribution in [0.3, 0.4) is 0 Å². The Morgan fingerprint density at radius 3 is 2.94 bits per heavy atom. The lowest BCUT2D eigenvalue weighted by Gasteiger charge is -2.10. The number of aryl methyl sites for hydroxylation is 2. The van der Waals surface area contributed by atoms with Crippen LogP contribution in [-0.2, 0) is 13.5 Å². The van der Waals surface area contributed by atoms with E-state index in [1.54, 1.807) is 10.9 Å². The average molecular weight is 235 g/mol. The van der Waals surface area contributed by atoms with Crippen molar-refractivity contribution >= 4 is 0 Å². The summed E-state index contributed by atoms with van der Waals surface area (Å²) in [5.74, 6) is -0.466. The van der Waals surface area contributed by atoms with Crippen molar-refractivity contribution in [2.24, 2.45) is 7.05 Å². The van der Waals surface area contributed by atoms with E-state index in [0.29, 0.717) is 18.4 Å². The number of hydrogen-bond donors (Lipinski definition) is 1. The van der Waals surface area contributed by atoms with Gasteiger partial charge in [0.2, 0.25) is 0 Å². The van der Waals surface area contributed by atoms with Gasteiger partial charge in [0.15, 0.2) is 0 Å². The van der Waals surface area contributed by atoms with Gasteiger partial charge in [0.05, 0.1) is 18.5 Å². The minimum Gasteiger partial charge on any atom is -0.388 e. The molecule has 17 heavy (non-hydrogen) atoms. The van der Waals surface area contributed by atoms with E-state index in [2.05, 4.69) is 10.1 Å². The molecule has 0 spiro atoms. The Morgan fingerprint density at radius 2 is 2.29 bits per heavy atom. The van der Waals surface area contributed by atoms with Crippen molar-refractivity contribution in [2.75, 3.05) is 0 Å². The summed E-state index contributed by atoms with van der Waals surface area (Å²) in [5.41, 5.74) is 1.32. The molecule has 1 atom stereocenters. The van der Waals surface area contributed by atoms with Gasteiger partial charge in [-0.1, -0.05) is 0 Å². The molecule has 90 valence electrons. The summed E-state index contributed by atoms with van der Waals surface area (Å²) >= 11 is 0. The van der Waals surface area contributed by atoms with Crippen LogP contribution < -0.4 is 0 Å². The van der Waals surface area contributed by atoms with E-state index in [1.807, 2.05) is 13.2 Å². The van der Waals surface area contributed by atoms with E-state index in [4.69, 9.17) is 0 Å². The number of nitrogens with zero attached hydrogens (tertiary/aromatic N) is 3. The topological polar surface area (TPSA) is 50.9 Å². The zero-order valence-corrected chi connectivity index (χ0v) is 9.55. The summed E-state index contributed by atoms with van der Waals surface area (Å²) in [5, 5.41) is 13.9. The summed E-state index contributed by atoms with van der Waals surface area (Å²) in [6.45, 7) is 0. The van der Waals surface area contributed by atoms with E-state index < -0.39 is 11.9 Å². The van der Waals surface area contributed by atoms with Gasteiger partial charge in [-0.3, -0.25) is 9.67 Å². The average Bonchev–Trinajstić information content (AvgIpc) is 2.73. The second-order valence-electron chi connectivity index (χ2n) is 3.97. The maximum atomic E-state index is 13.3. The number of rotatable bonds is 4. The van der Waals surface area contributed by atoms with Crippen molar-refractivity contribution in [3.63, 3.8) is 0 Å². The van der Waals surface area contributed by atoms with Crippen LogP contribution >= 0.6 is 0 Å². The predicted molar refractivity (Wildman–Crippen MR) is 60.7 cm³/mol. The first-order valence-corrected chi connectivity index (χ1v) is 5.42. The van der Waals surface area contributed by atoms with E-state index >= 15 is 0 Å². The molecule has 1 unspecified atom stereocenters. The Kier molecular flexibility index (Phi) is 3.49. The zero-order valence-electron chi connectivity index (χ0n) is 9.55. The van der Waals surface area contributed by atoms with Gasteiger partial charge in [0.1, 0.15) is 5.82 Å². The number of halogens is 1. The molecule has 2 rings (SSSR count). The molecule has 0 amide bonds. The van der Waals surface area contributed by atoms with Crippen LogP contribution in [0.2, 0.25) is 0 Å². The van der Waals surface area contributed by atoms with Gasteiger partial charge < -0.3 is 5.11 Å². The van der Waals surface area contributed by atoms with Gasteiger partial charge >= 0.3 is 0 Å². The Bertz CT molecular complexity index is 498. The van der Waals surface area contributed by atoms with Crippen molar-refractivity contribution < 1.29 is 9.50 Å². The molecule has 0 saturated carbocycles. The number of aliphatic hydroxyl groups is 1. The SMILES string of the molecule is Cn1cc(CCC(O)c2ccncc2F)cn1. The largest absolute Gasteiger partial charge is 0.388 e. The molecule has 0 fully saturated rings. The van der Waals surface area contributed by atoms with E-state index in [-0.39, 0.29) is 0 Å². The standard InChI is InChI=1S/C12H14FN3O/c1-16-8-9(6-15-16)2-3-12(17)10-4-5-14-7-11(10)13/h4-8,12,17H,2-3H2,1H3. The van der Waals surface area contributed by atoms with Crippen LogP contribution in [-0.4, -0.2) is 19.9 Å². The fourth-order valence-corrected chi connectivity index (χ4v) is 1.72. The molecule has 0 aliphatic carbocycles. The van der Waals surface area contributed by atoms with Crippen LogP contribution in [0.25, 0.3) is 0 Å². The Morgan fingerprint density at radius 1 is 1.47 bits per heavy atom. The lowest BCUT2D eigenvalue weighted by atomic mass is 10.0. The van der Waals surface area contributed by atoms with Crippen molar-refractivity contribution in [2.45, 2.75) is 18.9 Å². The highest BCUT2D eigenvalue weighted by molar-refractivity contribution is 5.16. The predicted octanol–water partition coefficient (Wildman–Crippen LogP) is 1.62. The molecule has 0 aromatic carbocycles. The second kappa shape index (κ2) is 5.05. The van der Waals surface area contributed by atoms with E-state index in [0.717, 1.165) is 11.8 Å². The minimum atomic E-state index is -0.807. The lowest BCUT2D eigenvalue weighted by Crippen LogP contribution is -2.02. The Labute approximate surface area is 98.7 Å². The number of hydrogen-bond acceptors (Lipinski definition) is 3. The summed E-state index contributed by atoms with van der Waals surface area (Å²) in [6.07, 6.45) is 6.54. The molecule has 5 heteroatoms. The lowest BCUT2D eigenvalue weighted by molar-refractivity contribution is 0.163. The molecular weight excluding hydrogens is 221 g/mol. The van der Waals surface area contributed by atoms with Gasteiger partial charge in [0.25, 0.3) is 0 Å². The first kappa shape index (κ1) is 11.7. The third-order valence-electron chi connectivity index (χ3n) is 2.63. The second-order valence-corrected chi connectivity index (χ2v) is 3.97. The third kappa shape index (κ3) is 2.88. The van der Waals surface area contributed by atoms with E-state index in [1.165, 1.54) is 12.3 Å². The first-order valence-electron chi connectivity index (χ1n) is 5.42. The van der Waals surface area contributed by atoms with Crippen LogP contribution in [0.15, 0.2) is 30.9 Å².